The molecule has 0 aliphatic heterocycles. The van der Waals surface area contributed by atoms with Gasteiger partial charge in [-0.05, 0) is 68.8 Å². The fourth-order valence-electron chi connectivity index (χ4n) is 3.26. The van der Waals surface area contributed by atoms with E-state index in [1.807, 2.05) is 75.4 Å². The highest BCUT2D eigenvalue weighted by Crippen LogP contribution is 2.22. The van der Waals surface area contributed by atoms with E-state index in [9.17, 15) is 4.79 Å². The number of aromatic nitrogens is 4. The van der Waals surface area contributed by atoms with Crippen LogP contribution in [0.1, 0.15) is 37.7 Å². The molecule has 0 atom stereocenters. The number of benzene rings is 1. The maximum atomic E-state index is 12.9. The molecule has 3 aromatic heterocycles. The molecule has 1 N–H and O–H groups in total. The number of rotatable bonds is 5. The van der Waals surface area contributed by atoms with Crippen LogP contribution in [0, 0.1) is 0 Å². The minimum atomic E-state index is -0.614. The zero-order valence-corrected chi connectivity index (χ0v) is 18.9. The molecule has 0 saturated carbocycles. The molecule has 4 aromatic rings. The van der Waals surface area contributed by atoms with Crippen molar-refractivity contribution in [2.75, 3.05) is 5.32 Å². The summed E-state index contributed by atoms with van der Waals surface area (Å²) in [5.74, 6) is 0.665. The fraction of sp³-hybridized carbons (Fsp3) is 0.250. The van der Waals surface area contributed by atoms with Gasteiger partial charge in [-0.15, -0.1) is 5.10 Å². The average Bonchev–Trinajstić information content (AvgIpc) is 3.11. The molecule has 0 radical (unpaired) electrons. The SMILES string of the molecule is CC(C)(C)OC(=O)n1c(Cc2ccc(NCc3ccc(Cl)cc3)nn2)cc2cccnc21. The molecule has 0 aliphatic rings. The van der Waals surface area contributed by atoms with E-state index in [0.717, 1.165) is 22.3 Å². The highest BCUT2D eigenvalue weighted by atomic mass is 35.5. The van der Waals surface area contributed by atoms with E-state index in [1.165, 1.54) is 4.57 Å². The second-order valence-corrected chi connectivity index (χ2v) is 8.87. The third-order valence-corrected chi connectivity index (χ3v) is 4.93. The number of nitrogens with zero attached hydrogens (tertiary/aromatic N) is 4. The minimum Gasteiger partial charge on any atom is -0.443 e. The van der Waals surface area contributed by atoms with E-state index in [4.69, 9.17) is 16.3 Å². The number of nitrogens with one attached hydrogen (secondary N) is 1. The van der Waals surface area contributed by atoms with E-state index in [1.54, 1.807) is 6.20 Å². The van der Waals surface area contributed by atoms with Crippen LogP contribution in [0.4, 0.5) is 10.6 Å². The second kappa shape index (κ2) is 8.96. The molecule has 0 amide bonds. The molecule has 4 rings (SSSR count). The number of anilines is 1. The van der Waals surface area contributed by atoms with Crippen molar-refractivity contribution in [1.82, 2.24) is 19.7 Å². The lowest BCUT2D eigenvalue weighted by Gasteiger charge is -2.20. The summed E-state index contributed by atoms with van der Waals surface area (Å²) in [6, 6.07) is 17.1. The Morgan fingerprint density at radius 1 is 1.09 bits per heavy atom. The zero-order chi connectivity index (χ0) is 22.7. The molecule has 0 unspecified atom stereocenters. The van der Waals surface area contributed by atoms with Crippen LogP contribution in [0.2, 0.25) is 5.02 Å². The highest BCUT2D eigenvalue weighted by molar-refractivity contribution is 6.30. The maximum Gasteiger partial charge on any atom is 0.420 e. The van der Waals surface area contributed by atoms with Gasteiger partial charge in [-0.25, -0.2) is 14.3 Å². The van der Waals surface area contributed by atoms with E-state index in [0.29, 0.717) is 29.5 Å². The van der Waals surface area contributed by atoms with Crippen molar-refractivity contribution in [3.8, 4) is 0 Å². The van der Waals surface area contributed by atoms with Gasteiger partial charge in [0.15, 0.2) is 0 Å². The monoisotopic (exact) mass is 449 g/mol. The van der Waals surface area contributed by atoms with Gasteiger partial charge in [-0.2, -0.15) is 5.10 Å². The average molecular weight is 450 g/mol. The Labute approximate surface area is 191 Å². The molecular weight excluding hydrogens is 426 g/mol. The van der Waals surface area contributed by atoms with Gasteiger partial charge in [-0.1, -0.05) is 23.7 Å². The first-order chi connectivity index (χ1) is 15.3. The van der Waals surface area contributed by atoms with Crippen LogP contribution in [0.15, 0.2) is 60.8 Å². The first kappa shape index (κ1) is 21.8. The fourth-order valence-corrected chi connectivity index (χ4v) is 3.39. The van der Waals surface area contributed by atoms with Crippen molar-refractivity contribution in [2.45, 2.75) is 39.3 Å². The van der Waals surface area contributed by atoms with Gasteiger partial charge in [0, 0.05) is 35.3 Å². The molecule has 1 aromatic carbocycles. The summed E-state index contributed by atoms with van der Waals surface area (Å²) in [5.41, 5.74) is 2.51. The van der Waals surface area contributed by atoms with E-state index < -0.39 is 11.7 Å². The predicted octanol–water partition coefficient (Wildman–Crippen LogP) is 5.47. The number of carbonyl (C=O) groups is 1. The van der Waals surface area contributed by atoms with Gasteiger partial charge in [0.2, 0.25) is 0 Å². The van der Waals surface area contributed by atoms with Crippen molar-refractivity contribution in [2.24, 2.45) is 0 Å². The quantitative estimate of drug-likeness (QED) is 0.435. The van der Waals surface area contributed by atoms with Crippen LogP contribution in [-0.4, -0.2) is 31.4 Å². The second-order valence-electron chi connectivity index (χ2n) is 8.43. The number of fused-ring (bicyclic) bond motifs is 1. The first-order valence-corrected chi connectivity index (χ1v) is 10.7. The number of halogens is 1. The normalized spacial score (nSPS) is 11.5. The number of hydrogen-bond acceptors (Lipinski definition) is 6. The number of carbonyl (C=O) groups excluding carboxylic acids is 1. The van der Waals surface area contributed by atoms with E-state index in [-0.39, 0.29) is 0 Å². The molecule has 0 fully saturated rings. The molecule has 0 saturated heterocycles. The van der Waals surface area contributed by atoms with Crippen molar-refractivity contribution < 1.29 is 9.53 Å². The Balaban J connectivity index is 1.52. The topological polar surface area (TPSA) is 81.9 Å². The van der Waals surface area contributed by atoms with Gasteiger partial charge in [-0.3, -0.25) is 0 Å². The molecule has 3 heterocycles. The van der Waals surface area contributed by atoms with Crippen molar-refractivity contribution >= 4 is 34.5 Å². The molecular formula is C24H24ClN5O2. The molecule has 32 heavy (non-hydrogen) atoms. The van der Waals surface area contributed by atoms with E-state index in [2.05, 4.69) is 20.5 Å². The lowest BCUT2D eigenvalue weighted by Crippen LogP contribution is -2.28. The summed E-state index contributed by atoms with van der Waals surface area (Å²) in [7, 11) is 0. The van der Waals surface area contributed by atoms with Crippen LogP contribution < -0.4 is 5.32 Å². The Bertz CT molecular complexity index is 1230. The predicted molar refractivity (Wildman–Crippen MR) is 125 cm³/mol. The Kier molecular flexibility index (Phi) is 6.10. The van der Waals surface area contributed by atoms with Crippen molar-refractivity contribution in [3.63, 3.8) is 0 Å². The lowest BCUT2D eigenvalue weighted by atomic mass is 10.2. The zero-order valence-electron chi connectivity index (χ0n) is 18.2. The van der Waals surface area contributed by atoms with Crippen LogP contribution in [0.3, 0.4) is 0 Å². The van der Waals surface area contributed by atoms with Crippen LogP contribution in [0.25, 0.3) is 11.0 Å². The summed E-state index contributed by atoms with van der Waals surface area (Å²) >= 11 is 5.92. The summed E-state index contributed by atoms with van der Waals surface area (Å²) in [6.07, 6.45) is 1.61. The van der Waals surface area contributed by atoms with Crippen molar-refractivity contribution in [3.05, 3.63) is 82.8 Å². The summed E-state index contributed by atoms with van der Waals surface area (Å²) in [4.78, 5) is 17.3. The summed E-state index contributed by atoms with van der Waals surface area (Å²) < 4.78 is 7.11. The summed E-state index contributed by atoms with van der Waals surface area (Å²) in [6.45, 7) is 6.13. The third kappa shape index (κ3) is 5.23. The Morgan fingerprint density at radius 2 is 1.88 bits per heavy atom. The Hall–Kier alpha value is -3.45. The van der Waals surface area contributed by atoms with Gasteiger partial charge in [0.25, 0.3) is 0 Å². The van der Waals surface area contributed by atoms with Gasteiger partial charge in [0.1, 0.15) is 17.1 Å². The molecule has 8 heteroatoms. The molecule has 0 spiro atoms. The van der Waals surface area contributed by atoms with Gasteiger partial charge >= 0.3 is 6.09 Å². The standard InChI is InChI=1S/C24H24ClN5O2/c1-24(2,3)32-23(31)30-20(13-17-5-4-12-26-22(17)30)14-19-10-11-21(29-28-19)27-15-16-6-8-18(25)9-7-16/h4-13H,14-15H2,1-3H3,(H,27,29). The van der Waals surface area contributed by atoms with Gasteiger partial charge in [0.05, 0.1) is 5.69 Å². The molecule has 0 aliphatic carbocycles. The summed E-state index contributed by atoms with van der Waals surface area (Å²) in [5, 5.41) is 13.4. The lowest BCUT2D eigenvalue weighted by molar-refractivity contribution is 0.0540. The minimum absolute atomic E-state index is 0.417. The Morgan fingerprint density at radius 3 is 2.56 bits per heavy atom. The van der Waals surface area contributed by atoms with Crippen LogP contribution in [-0.2, 0) is 17.7 Å². The first-order valence-electron chi connectivity index (χ1n) is 10.3. The number of ether oxygens (including phenoxy) is 1. The molecule has 164 valence electrons. The largest absolute Gasteiger partial charge is 0.443 e. The number of pyridine rings is 1. The van der Waals surface area contributed by atoms with Gasteiger partial charge < -0.3 is 10.1 Å². The van der Waals surface area contributed by atoms with E-state index >= 15 is 0 Å². The maximum absolute atomic E-state index is 12.9. The smallest absolute Gasteiger partial charge is 0.420 e. The van der Waals surface area contributed by atoms with Crippen LogP contribution >= 0.6 is 11.6 Å². The number of hydrogen-bond donors (Lipinski definition) is 1. The highest BCUT2D eigenvalue weighted by Gasteiger charge is 2.23. The molecule has 7 nitrogen and oxygen atoms in total. The van der Waals surface area contributed by atoms with Crippen molar-refractivity contribution in [1.29, 1.82) is 0 Å². The molecule has 0 bridgehead atoms. The third-order valence-electron chi connectivity index (χ3n) is 4.68. The van der Waals surface area contributed by atoms with Crippen LogP contribution in [0.5, 0.6) is 0 Å².